The molecule has 0 saturated carbocycles. The molecular formula is C17H11N3O2S. The van der Waals surface area contributed by atoms with Crippen LogP contribution in [0, 0.1) is 0 Å². The van der Waals surface area contributed by atoms with E-state index in [0.717, 1.165) is 16.8 Å². The van der Waals surface area contributed by atoms with Gasteiger partial charge in [-0.3, -0.25) is 9.38 Å². The number of benzene rings is 1. The Kier molecular flexibility index (Phi) is 3.17. The van der Waals surface area contributed by atoms with Crippen LogP contribution in [-0.2, 0) is 0 Å². The molecule has 3 heterocycles. The van der Waals surface area contributed by atoms with E-state index in [4.69, 9.17) is 0 Å². The first-order valence-corrected chi connectivity index (χ1v) is 7.76. The van der Waals surface area contributed by atoms with Crippen molar-refractivity contribution in [3.63, 3.8) is 0 Å². The van der Waals surface area contributed by atoms with Crippen LogP contribution < -0.4 is 0 Å². The van der Waals surface area contributed by atoms with Gasteiger partial charge in [0.2, 0.25) is 0 Å². The molecule has 0 radical (unpaired) electrons. The lowest BCUT2D eigenvalue weighted by Crippen LogP contribution is -1.97. The van der Waals surface area contributed by atoms with Crippen molar-refractivity contribution in [2.45, 2.75) is 0 Å². The third-order valence-corrected chi connectivity index (χ3v) is 4.58. The fourth-order valence-corrected chi connectivity index (χ4v) is 3.49. The highest BCUT2D eigenvalue weighted by Gasteiger charge is 2.21. The lowest BCUT2D eigenvalue weighted by Gasteiger charge is -2.01. The molecule has 1 aromatic carbocycles. The van der Waals surface area contributed by atoms with Gasteiger partial charge in [0.1, 0.15) is 4.88 Å². The molecule has 3 aromatic heterocycles. The summed E-state index contributed by atoms with van der Waals surface area (Å²) in [6, 6.07) is 13.4. The van der Waals surface area contributed by atoms with Crippen LogP contribution in [-0.4, -0.2) is 25.4 Å². The van der Waals surface area contributed by atoms with Crippen LogP contribution in [0.1, 0.15) is 9.67 Å². The quantitative estimate of drug-likeness (QED) is 0.623. The molecule has 5 nitrogen and oxygen atoms in total. The van der Waals surface area contributed by atoms with Gasteiger partial charge in [0.05, 0.1) is 11.4 Å². The maximum absolute atomic E-state index is 11.6. The molecule has 4 aromatic rings. The second-order valence-electron chi connectivity index (χ2n) is 4.97. The first kappa shape index (κ1) is 13.7. The smallest absolute Gasteiger partial charge is 0.348 e. The van der Waals surface area contributed by atoms with Crippen molar-refractivity contribution < 1.29 is 9.90 Å². The average Bonchev–Trinajstić information content (AvgIpc) is 3.14. The van der Waals surface area contributed by atoms with E-state index < -0.39 is 5.97 Å². The molecule has 0 aliphatic rings. The molecule has 0 aliphatic heterocycles. The van der Waals surface area contributed by atoms with Gasteiger partial charge < -0.3 is 5.11 Å². The van der Waals surface area contributed by atoms with E-state index in [-0.39, 0.29) is 4.88 Å². The van der Waals surface area contributed by atoms with E-state index in [1.165, 1.54) is 11.3 Å². The van der Waals surface area contributed by atoms with Gasteiger partial charge in [0.15, 0.2) is 4.96 Å². The molecule has 1 N–H and O–H groups in total. The molecule has 0 fully saturated rings. The number of pyridine rings is 1. The van der Waals surface area contributed by atoms with Crippen molar-refractivity contribution in [2.24, 2.45) is 0 Å². The minimum absolute atomic E-state index is 0.276. The van der Waals surface area contributed by atoms with E-state index in [1.54, 1.807) is 24.5 Å². The Morgan fingerprint density at radius 3 is 2.48 bits per heavy atom. The predicted molar refractivity (Wildman–Crippen MR) is 88.7 cm³/mol. The molecule has 0 amide bonds. The van der Waals surface area contributed by atoms with Crippen LogP contribution in [0.5, 0.6) is 0 Å². The van der Waals surface area contributed by atoms with Crippen molar-refractivity contribution in [3.8, 4) is 22.5 Å². The van der Waals surface area contributed by atoms with Gasteiger partial charge in [-0.2, -0.15) is 0 Å². The molecule has 112 valence electrons. The number of carboxylic acids is 1. The molecule has 0 atom stereocenters. The zero-order valence-electron chi connectivity index (χ0n) is 11.9. The Morgan fingerprint density at radius 2 is 1.78 bits per heavy atom. The third-order valence-electron chi connectivity index (χ3n) is 3.54. The summed E-state index contributed by atoms with van der Waals surface area (Å²) in [5.74, 6) is -0.950. The highest BCUT2D eigenvalue weighted by molar-refractivity contribution is 7.19. The number of nitrogens with zero attached hydrogens (tertiary/aromatic N) is 3. The van der Waals surface area contributed by atoms with E-state index in [0.29, 0.717) is 10.7 Å². The van der Waals surface area contributed by atoms with Crippen LogP contribution in [0.2, 0.25) is 0 Å². The first-order chi connectivity index (χ1) is 11.2. The molecular weight excluding hydrogens is 310 g/mol. The Balaban J connectivity index is 1.97. The summed E-state index contributed by atoms with van der Waals surface area (Å²) >= 11 is 1.17. The molecule has 0 aliphatic carbocycles. The minimum atomic E-state index is -0.950. The predicted octanol–water partition coefficient (Wildman–Crippen LogP) is 3.82. The van der Waals surface area contributed by atoms with Gasteiger partial charge in [0, 0.05) is 29.7 Å². The number of carbonyl (C=O) groups is 1. The number of aromatic nitrogens is 3. The Bertz CT molecular complexity index is 991. The maximum Gasteiger partial charge on any atom is 0.348 e. The minimum Gasteiger partial charge on any atom is -0.477 e. The summed E-state index contributed by atoms with van der Waals surface area (Å²) in [7, 11) is 0. The van der Waals surface area contributed by atoms with Crippen LogP contribution in [0.25, 0.3) is 27.5 Å². The van der Waals surface area contributed by atoms with E-state index >= 15 is 0 Å². The lowest BCUT2D eigenvalue weighted by atomic mass is 10.1. The highest BCUT2D eigenvalue weighted by atomic mass is 32.1. The number of hydrogen-bond donors (Lipinski definition) is 1. The highest BCUT2D eigenvalue weighted by Crippen LogP contribution is 2.33. The zero-order valence-corrected chi connectivity index (χ0v) is 12.7. The monoisotopic (exact) mass is 321 g/mol. The topological polar surface area (TPSA) is 67.5 Å². The van der Waals surface area contributed by atoms with Crippen LogP contribution >= 0.6 is 11.3 Å². The van der Waals surface area contributed by atoms with Crippen molar-refractivity contribution in [2.75, 3.05) is 0 Å². The summed E-state index contributed by atoms with van der Waals surface area (Å²) in [4.78, 5) is 21.1. The van der Waals surface area contributed by atoms with E-state index in [1.807, 2.05) is 40.9 Å². The second-order valence-corrected chi connectivity index (χ2v) is 5.94. The lowest BCUT2D eigenvalue weighted by molar-refractivity contribution is 0.0702. The fraction of sp³-hybridized carbons (Fsp3) is 0. The summed E-state index contributed by atoms with van der Waals surface area (Å²) in [5.41, 5.74) is 3.26. The maximum atomic E-state index is 11.6. The number of hydrogen-bond acceptors (Lipinski definition) is 4. The number of carboxylic acid groups (broad SMARTS) is 1. The van der Waals surface area contributed by atoms with Gasteiger partial charge >= 0.3 is 5.97 Å². The van der Waals surface area contributed by atoms with Crippen molar-refractivity contribution >= 4 is 22.3 Å². The number of thiazole rings is 1. The van der Waals surface area contributed by atoms with Crippen molar-refractivity contribution in [3.05, 3.63) is 65.9 Å². The van der Waals surface area contributed by atoms with Crippen molar-refractivity contribution in [1.82, 2.24) is 14.4 Å². The third kappa shape index (κ3) is 2.29. The second kappa shape index (κ2) is 5.33. The Labute approximate surface area is 135 Å². The van der Waals surface area contributed by atoms with Gasteiger partial charge in [-0.15, -0.1) is 0 Å². The number of fused-ring (bicyclic) bond motifs is 1. The van der Waals surface area contributed by atoms with Crippen LogP contribution in [0.15, 0.2) is 61.1 Å². The molecule has 0 spiro atoms. The van der Waals surface area contributed by atoms with Crippen LogP contribution in [0.3, 0.4) is 0 Å². The van der Waals surface area contributed by atoms with Gasteiger partial charge in [-0.25, -0.2) is 9.78 Å². The molecule has 6 heteroatoms. The fourth-order valence-electron chi connectivity index (χ4n) is 2.52. The first-order valence-electron chi connectivity index (χ1n) is 6.95. The summed E-state index contributed by atoms with van der Waals surface area (Å²) in [5, 5.41) is 9.49. The van der Waals surface area contributed by atoms with Gasteiger partial charge in [-0.1, -0.05) is 41.7 Å². The standard InChI is InChI=1S/C17H11N3O2S/c21-16(22)15-14(12-6-8-18-9-7-12)20-10-13(19-17(20)23-15)11-4-2-1-3-5-11/h1-10H,(H,21,22). The average molecular weight is 321 g/mol. The van der Waals surface area contributed by atoms with Gasteiger partial charge in [0.25, 0.3) is 0 Å². The zero-order chi connectivity index (χ0) is 15.8. The SMILES string of the molecule is O=C(O)c1sc2nc(-c3ccccc3)cn2c1-c1ccncc1. The molecule has 23 heavy (non-hydrogen) atoms. The van der Waals surface area contributed by atoms with E-state index in [9.17, 15) is 9.90 Å². The molecule has 0 bridgehead atoms. The Morgan fingerprint density at radius 1 is 1.04 bits per heavy atom. The largest absolute Gasteiger partial charge is 0.477 e. The molecule has 0 unspecified atom stereocenters. The Hall–Kier alpha value is -2.99. The molecule has 0 saturated heterocycles. The van der Waals surface area contributed by atoms with Crippen molar-refractivity contribution in [1.29, 1.82) is 0 Å². The number of rotatable bonds is 3. The van der Waals surface area contributed by atoms with Crippen LogP contribution in [0.4, 0.5) is 0 Å². The molecule has 4 rings (SSSR count). The van der Waals surface area contributed by atoms with Gasteiger partial charge in [-0.05, 0) is 12.1 Å². The number of imidazole rings is 1. The normalized spacial score (nSPS) is 11.0. The van der Waals surface area contributed by atoms with E-state index in [2.05, 4.69) is 9.97 Å². The summed E-state index contributed by atoms with van der Waals surface area (Å²) in [6.07, 6.45) is 5.18. The number of aromatic carboxylic acids is 1. The summed E-state index contributed by atoms with van der Waals surface area (Å²) in [6.45, 7) is 0. The summed E-state index contributed by atoms with van der Waals surface area (Å²) < 4.78 is 1.84.